The first-order valence-corrected chi connectivity index (χ1v) is 6.51. The zero-order valence-electron chi connectivity index (χ0n) is 10.6. The van der Waals surface area contributed by atoms with E-state index in [2.05, 4.69) is 25.6 Å². The van der Waals surface area contributed by atoms with Crippen LogP contribution >= 0.6 is 15.9 Å². The molecule has 0 saturated heterocycles. The fraction of sp³-hybridized carbons (Fsp3) is 0.462. The van der Waals surface area contributed by atoms with Crippen LogP contribution in [0.1, 0.15) is 18.4 Å². The summed E-state index contributed by atoms with van der Waals surface area (Å²) >= 11 is 3.34. The molecule has 3 nitrogen and oxygen atoms in total. The predicted octanol–water partition coefficient (Wildman–Crippen LogP) is 2.97. The molecule has 0 atom stereocenters. The number of halogens is 2. The van der Waals surface area contributed by atoms with Crippen molar-refractivity contribution in [2.75, 3.05) is 20.7 Å². The van der Waals surface area contributed by atoms with Crippen molar-refractivity contribution in [1.29, 1.82) is 0 Å². The molecule has 0 bridgehead atoms. The molecule has 0 N–H and O–H groups in total. The van der Waals surface area contributed by atoms with Crippen molar-refractivity contribution in [2.24, 2.45) is 0 Å². The Balaban J connectivity index is 2.39. The summed E-state index contributed by atoms with van der Waals surface area (Å²) in [5.41, 5.74) is 1.02. The van der Waals surface area contributed by atoms with Crippen molar-refractivity contribution < 1.29 is 13.9 Å². The highest BCUT2D eigenvalue weighted by Crippen LogP contribution is 2.19. The van der Waals surface area contributed by atoms with E-state index in [4.69, 9.17) is 0 Å². The molecule has 0 heterocycles. The lowest BCUT2D eigenvalue weighted by atomic mass is 10.2. The number of benzene rings is 1. The van der Waals surface area contributed by atoms with Crippen LogP contribution in [0.5, 0.6) is 0 Å². The van der Waals surface area contributed by atoms with E-state index in [1.807, 2.05) is 7.05 Å². The highest BCUT2D eigenvalue weighted by atomic mass is 79.9. The maximum absolute atomic E-state index is 12.9. The minimum Gasteiger partial charge on any atom is -0.469 e. The lowest BCUT2D eigenvalue weighted by Crippen LogP contribution is -2.20. The number of rotatable bonds is 6. The molecule has 1 rings (SSSR count). The molecule has 0 spiro atoms. The zero-order chi connectivity index (χ0) is 13.5. The number of ether oxygens (including phenoxy) is 1. The van der Waals surface area contributed by atoms with Gasteiger partial charge in [-0.3, -0.25) is 4.79 Å². The molecule has 1 aromatic rings. The standard InChI is InChI=1S/C13H17BrFNO2/c1-16(7-3-4-13(17)18-2)9-10-5-6-11(15)8-12(10)14/h5-6,8H,3-4,7,9H2,1-2H3. The number of esters is 1. The molecule has 1 aromatic carbocycles. The van der Waals surface area contributed by atoms with E-state index < -0.39 is 0 Å². The van der Waals surface area contributed by atoms with Crippen LogP contribution in [0.2, 0.25) is 0 Å². The van der Waals surface area contributed by atoms with Gasteiger partial charge in [-0.15, -0.1) is 0 Å². The van der Waals surface area contributed by atoms with Crippen LogP contribution in [-0.4, -0.2) is 31.6 Å². The van der Waals surface area contributed by atoms with Crippen LogP contribution in [0.25, 0.3) is 0 Å². The predicted molar refractivity (Wildman–Crippen MR) is 71.7 cm³/mol. The van der Waals surface area contributed by atoms with E-state index in [0.29, 0.717) is 13.0 Å². The van der Waals surface area contributed by atoms with Gasteiger partial charge in [0.15, 0.2) is 0 Å². The maximum Gasteiger partial charge on any atom is 0.305 e. The van der Waals surface area contributed by atoms with E-state index in [-0.39, 0.29) is 11.8 Å². The Morgan fingerprint density at radius 1 is 1.50 bits per heavy atom. The van der Waals surface area contributed by atoms with Crippen LogP contribution in [0.15, 0.2) is 22.7 Å². The van der Waals surface area contributed by atoms with Gasteiger partial charge in [-0.2, -0.15) is 0 Å². The summed E-state index contributed by atoms with van der Waals surface area (Å²) in [5, 5.41) is 0. The molecular weight excluding hydrogens is 301 g/mol. The van der Waals surface area contributed by atoms with Gasteiger partial charge in [0.05, 0.1) is 7.11 Å². The molecule has 0 amide bonds. The molecule has 100 valence electrons. The SMILES string of the molecule is COC(=O)CCCN(C)Cc1ccc(F)cc1Br. The van der Waals surface area contributed by atoms with Gasteiger partial charge in [-0.05, 0) is 37.7 Å². The third-order valence-electron chi connectivity index (χ3n) is 2.60. The van der Waals surface area contributed by atoms with Crippen molar-refractivity contribution >= 4 is 21.9 Å². The van der Waals surface area contributed by atoms with Gasteiger partial charge in [0, 0.05) is 17.4 Å². The smallest absolute Gasteiger partial charge is 0.305 e. The molecule has 0 radical (unpaired) electrons. The Hall–Kier alpha value is -0.940. The van der Waals surface area contributed by atoms with E-state index in [9.17, 15) is 9.18 Å². The Kier molecular flexibility index (Phi) is 6.29. The van der Waals surface area contributed by atoms with Crippen LogP contribution in [0, 0.1) is 5.82 Å². The Morgan fingerprint density at radius 2 is 2.22 bits per heavy atom. The van der Waals surface area contributed by atoms with Crippen LogP contribution in [0.3, 0.4) is 0 Å². The molecule has 0 aliphatic rings. The first-order valence-electron chi connectivity index (χ1n) is 5.72. The summed E-state index contributed by atoms with van der Waals surface area (Å²) in [5.74, 6) is -0.440. The minimum absolute atomic E-state index is 0.189. The van der Waals surface area contributed by atoms with Crippen LogP contribution in [-0.2, 0) is 16.1 Å². The van der Waals surface area contributed by atoms with Crippen molar-refractivity contribution in [1.82, 2.24) is 4.90 Å². The largest absolute Gasteiger partial charge is 0.469 e. The molecule has 5 heteroatoms. The Bertz CT molecular complexity index is 412. The topological polar surface area (TPSA) is 29.5 Å². The molecular formula is C13H17BrFNO2. The fourth-order valence-corrected chi connectivity index (χ4v) is 2.09. The van der Waals surface area contributed by atoms with E-state index >= 15 is 0 Å². The molecule has 0 aliphatic carbocycles. The lowest BCUT2D eigenvalue weighted by Gasteiger charge is -2.17. The van der Waals surface area contributed by atoms with Crippen LogP contribution in [0.4, 0.5) is 4.39 Å². The Labute approximate surface area is 115 Å². The Morgan fingerprint density at radius 3 is 2.83 bits per heavy atom. The first kappa shape index (κ1) is 15.1. The average Bonchev–Trinajstić information content (AvgIpc) is 2.32. The second-order valence-electron chi connectivity index (χ2n) is 4.15. The highest BCUT2D eigenvalue weighted by molar-refractivity contribution is 9.10. The number of carbonyl (C=O) groups is 1. The summed E-state index contributed by atoms with van der Waals surface area (Å²) in [6, 6.07) is 4.66. The van der Waals surface area contributed by atoms with Gasteiger partial charge in [-0.1, -0.05) is 22.0 Å². The number of hydrogen-bond donors (Lipinski definition) is 0. The summed E-state index contributed by atoms with van der Waals surface area (Å²) in [4.78, 5) is 13.0. The second kappa shape index (κ2) is 7.48. The van der Waals surface area contributed by atoms with E-state index in [0.717, 1.165) is 23.0 Å². The summed E-state index contributed by atoms with van der Waals surface area (Å²) in [6.07, 6.45) is 1.17. The third kappa shape index (κ3) is 5.14. The number of hydrogen-bond acceptors (Lipinski definition) is 3. The highest BCUT2D eigenvalue weighted by Gasteiger charge is 2.06. The molecule has 0 aromatic heterocycles. The molecule has 0 aliphatic heterocycles. The van der Waals surface area contributed by atoms with Gasteiger partial charge in [0.1, 0.15) is 5.82 Å². The average molecular weight is 318 g/mol. The molecule has 0 saturated carbocycles. The van der Waals surface area contributed by atoms with Gasteiger partial charge in [-0.25, -0.2) is 4.39 Å². The lowest BCUT2D eigenvalue weighted by molar-refractivity contribution is -0.140. The summed E-state index contributed by atoms with van der Waals surface area (Å²) in [6.45, 7) is 1.50. The maximum atomic E-state index is 12.9. The van der Waals surface area contributed by atoms with Crippen molar-refractivity contribution in [3.8, 4) is 0 Å². The second-order valence-corrected chi connectivity index (χ2v) is 5.01. The fourth-order valence-electron chi connectivity index (χ4n) is 1.62. The molecule has 18 heavy (non-hydrogen) atoms. The zero-order valence-corrected chi connectivity index (χ0v) is 12.2. The molecule has 0 fully saturated rings. The first-order chi connectivity index (χ1) is 8.52. The van der Waals surface area contributed by atoms with Crippen LogP contribution < -0.4 is 0 Å². The van der Waals surface area contributed by atoms with Crippen molar-refractivity contribution in [3.05, 3.63) is 34.1 Å². The quantitative estimate of drug-likeness (QED) is 0.755. The summed E-state index contributed by atoms with van der Waals surface area (Å²) in [7, 11) is 3.36. The van der Waals surface area contributed by atoms with Crippen molar-refractivity contribution in [2.45, 2.75) is 19.4 Å². The summed E-state index contributed by atoms with van der Waals surface area (Å²) < 4.78 is 18.3. The van der Waals surface area contributed by atoms with Gasteiger partial charge in [0.2, 0.25) is 0 Å². The monoisotopic (exact) mass is 317 g/mol. The van der Waals surface area contributed by atoms with Gasteiger partial charge < -0.3 is 9.64 Å². The van der Waals surface area contributed by atoms with E-state index in [1.54, 1.807) is 6.07 Å². The van der Waals surface area contributed by atoms with Crippen molar-refractivity contribution in [3.63, 3.8) is 0 Å². The number of nitrogens with zero attached hydrogens (tertiary/aromatic N) is 1. The molecule has 0 unspecified atom stereocenters. The number of methoxy groups -OCH3 is 1. The van der Waals surface area contributed by atoms with Gasteiger partial charge in [0.25, 0.3) is 0 Å². The third-order valence-corrected chi connectivity index (χ3v) is 3.34. The van der Waals surface area contributed by atoms with Gasteiger partial charge >= 0.3 is 5.97 Å². The van der Waals surface area contributed by atoms with E-state index in [1.165, 1.54) is 19.2 Å². The normalized spacial score (nSPS) is 10.7. The number of carbonyl (C=O) groups excluding carboxylic acids is 1. The minimum atomic E-state index is -0.251.